The van der Waals surface area contributed by atoms with Crippen LogP contribution in [0.1, 0.15) is 32.5 Å². The van der Waals surface area contributed by atoms with Gasteiger partial charge >= 0.3 is 0 Å². The quantitative estimate of drug-likeness (QED) is 0.856. The van der Waals surface area contributed by atoms with Gasteiger partial charge in [-0.2, -0.15) is 5.10 Å². The first-order valence-electron chi connectivity index (χ1n) is 8.17. The van der Waals surface area contributed by atoms with E-state index in [0.29, 0.717) is 18.1 Å². The van der Waals surface area contributed by atoms with Gasteiger partial charge in [0.2, 0.25) is 0 Å². The Morgan fingerprint density at radius 1 is 1.33 bits per heavy atom. The summed E-state index contributed by atoms with van der Waals surface area (Å²) in [7, 11) is 4.46. The molecule has 21 heavy (non-hydrogen) atoms. The van der Waals surface area contributed by atoms with Crippen molar-refractivity contribution in [1.82, 2.24) is 24.9 Å². The summed E-state index contributed by atoms with van der Waals surface area (Å²) >= 11 is 0. The maximum atomic E-state index is 4.72. The lowest BCUT2D eigenvalue weighted by atomic mass is 9.99. The van der Waals surface area contributed by atoms with Crippen LogP contribution in [0.4, 0.5) is 0 Å². The summed E-state index contributed by atoms with van der Waals surface area (Å²) < 4.78 is 2.05. The third kappa shape index (κ3) is 4.28. The zero-order chi connectivity index (χ0) is 15.4. The van der Waals surface area contributed by atoms with Crippen molar-refractivity contribution in [2.75, 3.05) is 40.3 Å². The molecule has 2 heterocycles. The average Bonchev–Trinajstić information content (AvgIpc) is 2.90. The van der Waals surface area contributed by atoms with Crippen LogP contribution in [0.3, 0.4) is 0 Å². The van der Waals surface area contributed by atoms with Crippen LogP contribution in [-0.2, 0) is 6.42 Å². The molecule has 1 N–H and O–H groups in total. The lowest BCUT2D eigenvalue weighted by molar-refractivity contribution is 0.0878. The third-order valence-corrected chi connectivity index (χ3v) is 4.45. The van der Waals surface area contributed by atoms with Crippen molar-refractivity contribution in [3.63, 3.8) is 0 Å². The molecule has 1 aromatic heterocycles. The fourth-order valence-electron chi connectivity index (χ4n) is 3.08. The second kappa shape index (κ2) is 7.38. The van der Waals surface area contributed by atoms with Crippen LogP contribution in [0, 0.1) is 0 Å². The van der Waals surface area contributed by atoms with E-state index in [9.17, 15) is 0 Å². The van der Waals surface area contributed by atoms with Crippen molar-refractivity contribution in [3.8, 4) is 0 Å². The van der Waals surface area contributed by atoms with Crippen LogP contribution in [0.15, 0.2) is 12.3 Å². The van der Waals surface area contributed by atoms with Crippen molar-refractivity contribution >= 4 is 0 Å². The zero-order valence-corrected chi connectivity index (χ0v) is 14.2. The first-order chi connectivity index (χ1) is 10.0. The standard InChI is InChI=1S/C16H31N5/c1-6-17-15(16-12-19(4)9-10-20(16)5)11-14-7-8-21(18-14)13(2)3/h7-8,13,15-17H,6,9-12H2,1-5H3. The van der Waals surface area contributed by atoms with Crippen LogP contribution in [0.2, 0.25) is 0 Å². The highest BCUT2D eigenvalue weighted by atomic mass is 15.3. The molecular weight excluding hydrogens is 262 g/mol. The first-order valence-corrected chi connectivity index (χ1v) is 8.17. The number of nitrogens with zero attached hydrogens (tertiary/aromatic N) is 4. The molecule has 1 aliphatic rings. The summed E-state index contributed by atoms with van der Waals surface area (Å²) in [5.41, 5.74) is 1.19. The van der Waals surface area contributed by atoms with Crippen LogP contribution in [0.25, 0.3) is 0 Å². The molecule has 2 rings (SSSR count). The van der Waals surface area contributed by atoms with E-state index in [1.807, 2.05) is 0 Å². The maximum absolute atomic E-state index is 4.72. The number of aromatic nitrogens is 2. The van der Waals surface area contributed by atoms with Crippen molar-refractivity contribution in [2.24, 2.45) is 0 Å². The van der Waals surface area contributed by atoms with Crippen molar-refractivity contribution in [3.05, 3.63) is 18.0 Å². The molecule has 2 unspecified atom stereocenters. The molecule has 0 spiro atoms. The van der Waals surface area contributed by atoms with Crippen LogP contribution < -0.4 is 5.32 Å². The van der Waals surface area contributed by atoms with Crippen LogP contribution >= 0.6 is 0 Å². The molecule has 0 radical (unpaired) electrons. The molecule has 0 aromatic carbocycles. The van der Waals surface area contributed by atoms with Gasteiger partial charge < -0.3 is 10.2 Å². The fourth-order valence-corrected chi connectivity index (χ4v) is 3.08. The largest absolute Gasteiger partial charge is 0.312 e. The normalized spacial score (nSPS) is 22.9. The number of rotatable bonds is 6. The van der Waals surface area contributed by atoms with E-state index in [0.717, 1.165) is 32.6 Å². The number of hydrogen-bond donors (Lipinski definition) is 1. The van der Waals surface area contributed by atoms with E-state index in [4.69, 9.17) is 5.10 Å². The molecule has 0 amide bonds. The van der Waals surface area contributed by atoms with Crippen LogP contribution in [0.5, 0.6) is 0 Å². The molecule has 0 saturated carbocycles. The second-order valence-electron chi connectivity index (χ2n) is 6.56. The first kappa shape index (κ1) is 16.5. The van der Waals surface area contributed by atoms with Gasteiger partial charge in [0.1, 0.15) is 0 Å². The molecular formula is C16H31N5. The minimum Gasteiger partial charge on any atom is -0.312 e. The fraction of sp³-hybridized carbons (Fsp3) is 0.812. The summed E-state index contributed by atoms with van der Waals surface area (Å²) in [5, 5.41) is 8.39. The Kier molecular flexibility index (Phi) is 5.79. The van der Waals surface area contributed by atoms with E-state index in [1.54, 1.807) is 0 Å². The minimum absolute atomic E-state index is 0.430. The minimum atomic E-state index is 0.430. The number of piperazine rings is 1. The lowest BCUT2D eigenvalue weighted by Crippen LogP contribution is -2.59. The predicted octanol–water partition coefficient (Wildman–Crippen LogP) is 1.23. The molecule has 1 saturated heterocycles. The van der Waals surface area contributed by atoms with Gasteiger partial charge in [-0.1, -0.05) is 6.92 Å². The Labute approximate surface area is 129 Å². The molecule has 120 valence electrons. The second-order valence-corrected chi connectivity index (χ2v) is 6.56. The van der Waals surface area contributed by atoms with Gasteiger partial charge in [-0.25, -0.2) is 0 Å². The number of likely N-dealkylation sites (N-methyl/N-ethyl adjacent to an activating group) is 3. The highest BCUT2D eigenvalue weighted by Crippen LogP contribution is 2.14. The molecule has 1 aromatic rings. The Bertz CT molecular complexity index is 428. The Hall–Kier alpha value is -0.910. The summed E-state index contributed by atoms with van der Waals surface area (Å²) in [6.45, 7) is 11.0. The van der Waals surface area contributed by atoms with Gasteiger partial charge in [0.25, 0.3) is 0 Å². The number of nitrogens with one attached hydrogen (secondary N) is 1. The topological polar surface area (TPSA) is 36.3 Å². The summed E-state index contributed by atoms with van der Waals surface area (Å²) in [5.74, 6) is 0. The van der Waals surface area contributed by atoms with Gasteiger partial charge in [-0.3, -0.25) is 9.58 Å². The number of hydrogen-bond acceptors (Lipinski definition) is 4. The van der Waals surface area contributed by atoms with Gasteiger partial charge in [0, 0.05) is 50.4 Å². The smallest absolute Gasteiger partial charge is 0.0640 e. The molecule has 0 aliphatic carbocycles. The molecule has 0 bridgehead atoms. The maximum Gasteiger partial charge on any atom is 0.0640 e. The van der Waals surface area contributed by atoms with Crippen molar-refractivity contribution in [1.29, 1.82) is 0 Å². The average molecular weight is 293 g/mol. The SMILES string of the molecule is CCNC(Cc1ccn(C(C)C)n1)C1CN(C)CCN1C. The van der Waals surface area contributed by atoms with E-state index < -0.39 is 0 Å². The zero-order valence-electron chi connectivity index (χ0n) is 14.2. The van der Waals surface area contributed by atoms with Gasteiger partial charge in [-0.15, -0.1) is 0 Å². The van der Waals surface area contributed by atoms with E-state index in [1.165, 1.54) is 5.69 Å². The molecule has 2 atom stereocenters. The Morgan fingerprint density at radius 2 is 2.10 bits per heavy atom. The Balaban J connectivity index is 2.06. The molecule has 1 fully saturated rings. The molecule has 5 nitrogen and oxygen atoms in total. The lowest BCUT2D eigenvalue weighted by Gasteiger charge is -2.42. The monoisotopic (exact) mass is 293 g/mol. The molecule has 5 heteroatoms. The summed E-state index contributed by atoms with van der Waals surface area (Å²) in [6, 6.07) is 3.60. The van der Waals surface area contributed by atoms with E-state index in [-0.39, 0.29) is 0 Å². The van der Waals surface area contributed by atoms with E-state index in [2.05, 4.69) is 66.9 Å². The van der Waals surface area contributed by atoms with Gasteiger partial charge in [0.05, 0.1) is 5.69 Å². The van der Waals surface area contributed by atoms with E-state index >= 15 is 0 Å². The predicted molar refractivity (Wildman–Crippen MR) is 87.7 cm³/mol. The Morgan fingerprint density at radius 3 is 2.71 bits per heavy atom. The van der Waals surface area contributed by atoms with Crippen LogP contribution in [-0.4, -0.2) is 71.9 Å². The highest BCUT2D eigenvalue weighted by Gasteiger charge is 2.29. The van der Waals surface area contributed by atoms with Crippen molar-refractivity contribution in [2.45, 2.75) is 45.3 Å². The van der Waals surface area contributed by atoms with Crippen molar-refractivity contribution < 1.29 is 0 Å². The highest BCUT2D eigenvalue weighted by molar-refractivity contribution is 5.05. The third-order valence-electron chi connectivity index (χ3n) is 4.45. The van der Waals surface area contributed by atoms with Gasteiger partial charge in [-0.05, 0) is 40.6 Å². The van der Waals surface area contributed by atoms with Gasteiger partial charge in [0.15, 0.2) is 0 Å². The molecule has 1 aliphatic heterocycles. The summed E-state index contributed by atoms with van der Waals surface area (Å²) in [4.78, 5) is 4.93. The summed E-state index contributed by atoms with van der Waals surface area (Å²) in [6.07, 6.45) is 3.09.